The Morgan fingerprint density at radius 2 is 2.00 bits per heavy atom. The highest BCUT2D eigenvalue weighted by Gasteiger charge is 2.26. The number of halogens is 2. The van der Waals surface area contributed by atoms with Crippen LogP contribution in [0.15, 0.2) is 18.3 Å². The predicted octanol–water partition coefficient (Wildman–Crippen LogP) is 3.24. The van der Waals surface area contributed by atoms with Crippen LogP contribution in [0.3, 0.4) is 0 Å². The van der Waals surface area contributed by atoms with Gasteiger partial charge in [-0.05, 0) is 25.0 Å². The van der Waals surface area contributed by atoms with Gasteiger partial charge in [0.05, 0.1) is 33.2 Å². The molecule has 1 aliphatic rings. The SMILES string of the molecule is O=C(O)C1CCCN(c2cnc3cc(Cl)c(Cl)cc3n2)C1. The van der Waals surface area contributed by atoms with E-state index in [2.05, 4.69) is 9.97 Å². The number of aromatic nitrogens is 2. The Balaban J connectivity index is 1.93. The molecule has 1 aliphatic heterocycles. The fraction of sp³-hybridized carbons (Fsp3) is 0.357. The molecule has 0 saturated carbocycles. The van der Waals surface area contributed by atoms with E-state index in [1.807, 2.05) is 4.90 Å². The summed E-state index contributed by atoms with van der Waals surface area (Å²) in [6.45, 7) is 1.24. The summed E-state index contributed by atoms with van der Waals surface area (Å²) in [6.07, 6.45) is 3.18. The maximum atomic E-state index is 11.1. The Hall–Kier alpha value is -1.59. The normalized spacial score (nSPS) is 19.0. The zero-order valence-electron chi connectivity index (χ0n) is 11.1. The van der Waals surface area contributed by atoms with Crippen LogP contribution in [0.25, 0.3) is 11.0 Å². The van der Waals surface area contributed by atoms with Gasteiger partial charge < -0.3 is 10.0 Å². The Morgan fingerprint density at radius 3 is 2.71 bits per heavy atom. The molecule has 110 valence electrons. The number of nitrogens with zero attached hydrogens (tertiary/aromatic N) is 3. The molecule has 0 bridgehead atoms. The highest BCUT2D eigenvalue weighted by molar-refractivity contribution is 6.42. The summed E-state index contributed by atoms with van der Waals surface area (Å²) in [5.41, 5.74) is 1.32. The molecule has 5 nitrogen and oxygen atoms in total. The summed E-state index contributed by atoms with van der Waals surface area (Å²) < 4.78 is 0. The summed E-state index contributed by atoms with van der Waals surface area (Å²) in [6, 6.07) is 3.35. The number of rotatable bonds is 2. The van der Waals surface area contributed by atoms with Crippen molar-refractivity contribution in [2.45, 2.75) is 12.8 Å². The molecular weight excluding hydrogens is 313 g/mol. The summed E-state index contributed by atoms with van der Waals surface area (Å²) in [7, 11) is 0. The minimum Gasteiger partial charge on any atom is -0.481 e. The number of piperidine rings is 1. The first kappa shape index (κ1) is 14.4. The summed E-state index contributed by atoms with van der Waals surface area (Å²) in [5.74, 6) is -0.444. The Kier molecular flexibility index (Phi) is 3.87. The molecular formula is C14H13Cl2N3O2. The molecule has 0 radical (unpaired) electrons. The first-order chi connectivity index (χ1) is 10.0. The van der Waals surface area contributed by atoms with Crippen LogP contribution >= 0.6 is 23.2 Å². The molecule has 0 amide bonds. The largest absolute Gasteiger partial charge is 0.481 e. The van der Waals surface area contributed by atoms with Crippen LogP contribution in [-0.4, -0.2) is 34.1 Å². The van der Waals surface area contributed by atoms with Crippen LogP contribution in [0, 0.1) is 5.92 Å². The van der Waals surface area contributed by atoms with Crippen molar-refractivity contribution in [1.82, 2.24) is 9.97 Å². The van der Waals surface area contributed by atoms with Crippen molar-refractivity contribution < 1.29 is 9.90 Å². The molecule has 2 aromatic rings. The number of hydrogen-bond donors (Lipinski definition) is 1. The molecule has 7 heteroatoms. The van der Waals surface area contributed by atoms with E-state index in [-0.39, 0.29) is 5.92 Å². The van der Waals surface area contributed by atoms with Gasteiger partial charge in [-0.25, -0.2) is 4.98 Å². The number of carboxylic acids is 1. The third kappa shape index (κ3) is 2.89. The van der Waals surface area contributed by atoms with Crippen molar-refractivity contribution in [3.05, 3.63) is 28.4 Å². The van der Waals surface area contributed by atoms with Gasteiger partial charge in [0.25, 0.3) is 0 Å². The lowest BCUT2D eigenvalue weighted by Gasteiger charge is -2.31. The topological polar surface area (TPSA) is 66.3 Å². The highest BCUT2D eigenvalue weighted by Crippen LogP contribution is 2.28. The molecule has 0 spiro atoms. The van der Waals surface area contributed by atoms with Gasteiger partial charge in [0.15, 0.2) is 0 Å². The lowest BCUT2D eigenvalue weighted by molar-refractivity contribution is -0.141. The van der Waals surface area contributed by atoms with Crippen LogP contribution in [0.4, 0.5) is 5.82 Å². The zero-order valence-corrected chi connectivity index (χ0v) is 12.6. The van der Waals surface area contributed by atoms with Crippen molar-refractivity contribution in [3.8, 4) is 0 Å². The fourth-order valence-corrected chi connectivity index (χ4v) is 2.85. The highest BCUT2D eigenvalue weighted by atomic mass is 35.5. The van der Waals surface area contributed by atoms with Crippen LogP contribution in [-0.2, 0) is 4.79 Å². The van der Waals surface area contributed by atoms with Gasteiger partial charge in [0, 0.05) is 13.1 Å². The molecule has 1 fully saturated rings. The predicted molar refractivity (Wildman–Crippen MR) is 82.1 cm³/mol. The van der Waals surface area contributed by atoms with E-state index in [1.165, 1.54) is 0 Å². The molecule has 21 heavy (non-hydrogen) atoms. The summed E-state index contributed by atoms with van der Waals surface area (Å²) in [4.78, 5) is 21.9. The van der Waals surface area contributed by atoms with Gasteiger partial charge in [-0.1, -0.05) is 23.2 Å². The lowest BCUT2D eigenvalue weighted by Crippen LogP contribution is -2.39. The quantitative estimate of drug-likeness (QED) is 0.918. The maximum absolute atomic E-state index is 11.1. The second-order valence-electron chi connectivity index (χ2n) is 5.11. The Morgan fingerprint density at radius 1 is 1.29 bits per heavy atom. The summed E-state index contributed by atoms with van der Waals surface area (Å²) >= 11 is 12.0. The minimum absolute atomic E-state index is 0.356. The number of aliphatic carboxylic acids is 1. The second-order valence-corrected chi connectivity index (χ2v) is 5.92. The average Bonchev–Trinajstić information content (AvgIpc) is 2.48. The zero-order chi connectivity index (χ0) is 15.0. The minimum atomic E-state index is -0.761. The van der Waals surface area contributed by atoms with E-state index in [9.17, 15) is 4.79 Å². The Bertz CT molecular complexity index is 708. The smallest absolute Gasteiger partial charge is 0.308 e. The van der Waals surface area contributed by atoms with Crippen LogP contribution in [0.5, 0.6) is 0 Å². The molecule has 1 N–H and O–H groups in total. The Labute approximate surface area is 131 Å². The molecule has 1 unspecified atom stereocenters. The van der Waals surface area contributed by atoms with Gasteiger partial charge in [0.1, 0.15) is 5.82 Å². The van der Waals surface area contributed by atoms with Gasteiger partial charge in [-0.3, -0.25) is 9.78 Å². The van der Waals surface area contributed by atoms with Crippen LogP contribution < -0.4 is 4.90 Å². The van der Waals surface area contributed by atoms with Crippen molar-refractivity contribution in [2.24, 2.45) is 5.92 Å². The first-order valence-corrected chi connectivity index (χ1v) is 7.40. The lowest BCUT2D eigenvalue weighted by atomic mass is 9.98. The van der Waals surface area contributed by atoms with E-state index in [0.717, 1.165) is 13.0 Å². The number of fused-ring (bicyclic) bond motifs is 1. The van der Waals surface area contributed by atoms with Crippen molar-refractivity contribution in [2.75, 3.05) is 18.0 Å². The molecule has 2 heterocycles. The van der Waals surface area contributed by atoms with E-state index in [4.69, 9.17) is 28.3 Å². The number of anilines is 1. The van der Waals surface area contributed by atoms with Crippen LogP contribution in [0.2, 0.25) is 10.0 Å². The van der Waals surface area contributed by atoms with Crippen molar-refractivity contribution in [3.63, 3.8) is 0 Å². The van der Waals surface area contributed by atoms with E-state index in [0.29, 0.717) is 39.9 Å². The molecule has 1 atom stereocenters. The van der Waals surface area contributed by atoms with Crippen LogP contribution in [0.1, 0.15) is 12.8 Å². The van der Waals surface area contributed by atoms with Gasteiger partial charge in [-0.2, -0.15) is 0 Å². The molecule has 1 aromatic carbocycles. The van der Waals surface area contributed by atoms with E-state index >= 15 is 0 Å². The molecule has 1 aromatic heterocycles. The van der Waals surface area contributed by atoms with Gasteiger partial charge in [0.2, 0.25) is 0 Å². The number of carboxylic acid groups (broad SMARTS) is 1. The van der Waals surface area contributed by atoms with Gasteiger partial charge in [-0.15, -0.1) is 0 Å². The third-order valence-corrected chi connectivity index (χ3v) is 4.39. The number of carbonyl (C=O) groups is 1. The van der Waals surface area contributed by atoms with E-state index in [1.54, 1.807) is 18.3 Å². The van der Waals surface area contributed by atoms with E-state index < -0.39 is 5.97 Å². The number of benzene rings is 1. The molecule has 0 aliphatic carbocycles. The fourth-order valence-electron chi connectivity index (χ4n) is 2.54. The average molecular weight is 326 g/mol. The maximum Gasteiger partial charge on any atom is 0.308 e. The van der Waals surface area contributed by atoms with Crippen molar-refractivity contribution in [1.29, 1.82) is 0 Å². The van der Waals surface area contributed by atoms with Gasteiger partial charge >= 0.3 is 5.97 Å². The molecule has 1 saturated heterocycles. The first-order valence-electron chi connectivity index (χ1n) is 6.64. The summed E-state index contributed by atoms with van der Waals surface area (Å²) in [5, 5.41) is 10.0. The third-order valence-electron chi connectivity index (χ3n) is 3.67. The number of hydrogen-bond acceptors (Lipinski definition) is 4. The molecule has 3 rings (SSSR count). The monoisotopic (exact) mass is 325 g/mol. The second kappa shape index (κ2) is 5.66. The standard InChI is InChI=1S/C14H13Cl2N3O2/c15-9-4-11-12(5-10(9)16)18-13(6-17-11)19-3-1-2-8(7-19)14(20)21/h4-6,8H,1-3,7H2,(H,20,21). The van der Waals surface area contributed by atoms with Crippen molar-refractivity contribution >= 4 is 46.0 Å².